The van der Waals surface area contributed by atoms with Gasteiger partial charge in [0.2, 0.25) is 0 Å². The summed E-state index contributed by atoms with van der Waals surface area (Å²) in [4.78, 5) is 13.2. The predicted molar refractivity (Wildman–Crippen MR) is 56.2 cm³/mol. The number of carbonyl (C=O) groups excluding carboxylic acids is 1. The van der Waals surface area contributed by atoms with Gasteiger partial charge in [0.05, 0.1) is 0 Å². The van der Waals surface area contributed by atoms with Crippen LogP contribution in [-0.4, -0.2) is 30.2 Å². The van der Waals surface area contributed by atoms with Gasteiger partial charge in [0.1, 0.15) is 5.60 Å². The number of cyclic esters (lactones) is 1. The Kier molecular flexibility index (Phi) is 2.79. The molecule has 0 spiro atoms. The van der Waals surface area contributed by atoms with Crippen LogP contribution in [0.1, 0.15) is 40.5 Å². The molecule has 1 amide bonds. The number of amides is 1. The lowest BCUT2D eigenvalue weighted by Gasteiger charge is -2.32. The molecule has 0 aliphatic carbocycles. The minimum atomic E-state index is -0.300. The van der Waals surface area contributed by atoms with Crippen LogP contribution in [0, 0.1) is 5.41 Å². The highest BCUT2D eigenvalue weighted by Gasteiger charge is 2.39. The van der Waals surface area contributed by atoms with Gasteiger partial charge in [0, 0.05) is 13.6 Å². The van der Waals surface area contributed by atoms with Gasteiger partial charge < -0.3 is 9.64 Å². The van der Waals surface area contributed by atoms with Crippen LogP contribution in [0.15, 0.2) is 0 Å². The Balaban J connectivity index is 2.90. The molecule has 0 N–H and O–H groups in total. The molecule has 0 aromatic rings. The molecule has 1 aliphatic heterocycles. The highest BCUT2D eigenvalue weighted by Crippen LogP contribution is 2.36. The van der Waals surface area contributed by atoms with E-state index in [4.69, 9.17) is 4.74 Å². The third-order valence-corrected chi connectivity index (χ3v) is 2.91. The van der Waals surface area contributed by atoms with Gasteiger partial charge in [0.15, 0.2) is 0 Å². The average Bonchev–Trinajstić information content (AvgIpc) is 2.08. The molecule has 1 rings (SSSR count). The molecule has 0 aromatic carbocycles. The van der Waals surface area contributed by atoms with Crippen molar-refractivity contribution in [1.82, 2.24) is 4.90 Å². The van der Waals surface area contributed by atoms with Gasteiger partial charge in [-0.15, -0.1) is 0 Å². The van der Waals surface area contributed by atoms with Gasteiger partial charge in [-0.2, -0.15) is 0 Å². The van der Waals surface area contributed by atoms with E-state index in [0.29, 0.717) is 0 Å². The maximum absolute atomic E-state index is 11.6. The molecule has 1 heterocycles. The Morgan fingerprint density at radius 3 is 2.50 bits per heavy atom. The Morgan fingerprint density at radius 1 is 1.43 bits per heavy atom. The van der Waals surface area contributed by atoms with Crippen LogP contribution in [0.3, 0.4) is 0 Å². The average molecular weight is 199 g/mol. The number of rotatable bonds is 1. The van der Waals surface area contributed by atoms with E-state index < -0.39 is 0 Å². The second-order valence-electron chi connectivity index (χ2n) is 5.37. The van der Waals surface area contributed by atoms with E-state index >= 15 is 0 Å². The van der Waals surface area contributed by atoms with E-state index in [0.717, 1.165) is 19.4 Å². The van der Waals surface area contributed by atoms with E-state index in [-0.39, 0.29) is 17.1 Å². The fourth-order valence-electron chi connectivity index (χ4n) is 2.30. The lowest BCUT2D eigenvalue weighted by atomic mass is 9.80. The number of nitrogens with zero attached hydrogens (tertiary/aromatic N) is 1. The minimum absolute atomic E-state index is 0.131. The molecule has 1 fully saturated rings. The summed E-state index contributed by atoms with van der Waals surface area (Å²) in [5.74, 6) is 0. The summed E-state index contributed by atoms with van der Waals surface area (Å²) in [7, 11) is 1.80. The smallest absolute Gasteiger partial charge is 0.410 e. The lowest BCUT2D eigenvalue weighted by Crippen LogP contribution is -2.33. The Labute approximate surface area is 86.4 Å². The van der Waals surface area contributed by atoms with Crippen LogP contribution in [-0.2, 0) is 4.74 Å². The summed E-state index contributed by atoms with van der Waals surface area (Å²) in [6.07, 6.45) is 1.60. The lowest BCUT2D eigenvalue weighted by molar-refractivity contribution is 0.00278. The first-order valence-corrected chi connectivity index (χ1v) is 5.22. The molecule has 1 saturated heterocycles. The summed E-state index contributed by atoms with van der Waals surface area (Å²) in [6, 6.07) is 0. The number of carbonyl (C=O) groups is 1. The first kappa shape index (κ1) is 11.3. The zero-order valence-electron chi connectivity index (χ0n) is 9.89. The van der Waals surface area contributed by atoms with Crippen molar-refractivity contribution in [1.29, 1.82) is 0 Å². The maximum atomic E-state index is 11.6. The summed E-state index contributed by atoms with van der Waals surface area (Å²) < 4.78 is 5.48. The molecule has 1 atom stereocenters. The van der Waals surface area contributed by atoms with E-state index in [9.17, 15) is 4.79 Å². The van der Waals surface area contributed by atoms with Crippen molar-refractivity contribution in [2.45, 2.75) is 46.1 Å². The molecule has 1 unspecified atom stereocenters. The van der Waals surface area contributed by atoms with E-state index in [1.165, 1.54) is 0 Å². The van der Waals surface area contributed by atoms with Crippen molar-refractivity contribution in [3.8, 4) is 0 Å². The fraction of sp³-hybridized carbons (Fsp3) is 0.909. The molecule has 0 radical (unpaired) electrons. The molecule has 14 heavy (non-hydrogen) atoms. The third kappa shape index (κ3) is 2.40. The first-order valence-electron chi connectivity index (χ1n) is 5.22. The van der Waals surface area contributed by atoms with Gasteiger partial charge >= 0.3 is 6.09 Å². The quantitative estimate of drug-likeness (QED) is 0.649. The Hall–Kier alpha value is -0.730. The van der Waals surface area contributed by atoms with Gasteiger partial charge in [-0.1, -0.05) is 20.8 Å². The summed E-state index contributed by atoms with van der Waals surface area (Å²) >= 11 is 0. The second kappa shape index (κ2) is 3.44. The van der Waals surface area contributed by atoms with Crippen molar-refractivity contribution in [2.24, 2.45) is 5.41 Å². The number of hydrogen-bond acceptors (Lipinski definition) is 2. The van der Waals surface area contributed by atoms with E-state index in [1.54, 1.807) is 11.9 Å². The van der Waals surface area contributed by atoms with Gasteiger partial charge in [0.25, 0.3) is 0 Å². The SMILES string of the molecule is CCC1(C)CC(C)(C)CN(C)C(=O)O1. The zero-order chi connectivity index (χ0) is 11.0. The predicted octanol–water partition coefficient (Wildman–Crippen LogP) is 2.65. The van der Waals surface area contributed by atoms with Gasteiger partial charge in [-0.25, -0.2) is 4.79 Å². The monoisotopic (exact) mass is 199 g/mol. The van der Waals surface area contributed by atoms with Crippen molar-refractivity contribution in [3.05, 3.63) is 0 Å². The van der Waals surface area contributed by atoms with Gasteiger partial charge in [-0.3, -0.25) is 0 Å². The van der Waals surface area contributed by atoms with Crippen molar-refractivity contribution in [2.75, 3.05) is 13.6 Å². The first-order chi connectivity index (χ1) is 6.28. The third-order valence-electron chi connectivity index (χ3n) is 2.91. The highest BCUT2D eigenvalue weighted by molar-refractivity contribution is 5.68. The fourth-order valence-corrected chi connectivity index (χ4v) is 2.30. The molecule has 0 saturated carbocycles. The van der Waals surface area contributed by atoms with Crippen LogP contribution in [0.5, 0.6) is 0 Å². The number of hydrogen-bond donors (Lipinski definition) is 0. The van der Waals surface area contributed by atoms with Crippen LogP contribution in [0.2, 0.25) is 0 Å². The Bertz CT molecular complexity index is 237. The molecule has 3 heteroatoms. The Morgan fingerprint density at radius 2 is 2.00 bits per heavy atom. The van der Waals surface area contributed by atoms with Gasteiger partial charge in [-0.05, 0) is 25.2 Å². The standard InChI is InChI=1S/C11H21NO2/c1-6-11(4)7-10(2,3)8-12(5)9(13)14-11/h6-8H2,1-5H3. The van der Waals surface area contributed by atoms with Crippen LogP contribution in [0.4, 0.5) is 4.79 Å². The van der Waals surface area contributed by atoms with Crippen LogP contribution < -0.4 is 0 Å². The molecule has 82 valence electrons. The summed E-state index contributed by atoms with van der Waals surface area (Å²) in [6.45, 7) is 9.21. The second-order valence-corrected chi connectivity index (χ2v) is 5.37. The van der Waals surface area contributed by atoms with Crippen LogP contribution in [0.25, 0.3) is 0 Å². The topological polar surface area (TPSA) is 29.5 Å². The van der Waals surface area contributed by atoms with Crippen molar-refractivity contribution in [3.63, 3.8) is 0 Å². The zero-order valence-corrected chi connectivity index (χ0v) is 9.89. The highest BCUT2D eigenvalue weighted by atomic mass is 16.6. The van der Waals surface area contributed by atoms with Crippen molar-refractivity contribution < 1.29 is 9.53 Å². The largest absolute Gasteiger partial charge is 0.443 e. The molecule has 0 aromatic heterocycles. The molecular weight excluding hydrogens is 178 g/mol. The summed E-state index contributed by atoms with van der Waals surface area (Å²) in [5.41, 5.74) is -0.170. The van der Waals surface area contributed by atoms with E-state index in [2.05, 4.69) is 20.8 Å². The minimum Gasteiger partial charge on any atom is -0.443 e. The summed E-state index contributed by atoms with van der Waals surface area (Å²) in [5, 5.41) is 0. The number of ether oxygens (including phenoxy) is 1. The van der Waals surface area contributed by atoms with E-state index in [1.807, 2.05) is 6.92 Å². The van der Waals surface area contributed by atoms with Crippen molar-refractivity contribution >= 4 is 6.09 Å². The maximum Gasteiger partial charge on any atom is 0.410 e. The van der Waals surface area contributed by atoms with Crippen LogP contribution >= 0.6 is 0 Å². The molecular formula is C11H21NO2. The molecule has 3 nitrogen and oxygen atoms in total. The normalized spacial score (nSPS) is 32.4. The molecule has 1 aliphatic rings. The molecule has 0 bridgehead atoms.